The Hall–Kier alpha value is -3.16. The summed E-state index contributed by atoms with van der Waals surface area (Å²) in [7, 11) is 0. The summed E-state index contributed by atoms with van der Waals surface area (Å²) in [5, 5.41) is 18.7. The SMILES string of the molecule is Cc1ccc(NC(=O)NC[C@H]2CCCN(c3ccc4nnc(C)n4n3)C2)cc1. The molecule has 0 unspecified atom stereocenters. The minimum Gasteiger partial charge on any atom is -0.355 e. The molecule has 28 heavy (non-hydrogen) atoms. The number of hydrogen-bond acceptors (Lipinski definition) is 5. The Kier molecular flexibility index (Phi) is 5.10. The van der Waals surface area contributed by atoms with Crippen LogP contribution in [0.25, 0.3) is 5.65 Å². The van der Waals surface area contributed by atoms with E-state index in [0.717, 1.165) is 48.9 Å². The summed E-state index contributed by atoms with van der Waals surface area (Å²) in [5.41, 5.74) is 2.72. The van der Waals surface area contributed by atoms with Crippen LogP contribution >= 0.6 is 0 Å². The lowest BCUT2D eigenvalue weighted by Crippen LogP contribution is -2.42. The third kappa shape index (κ3) is 4.05. The van der Waals surface area contributed by atoms with Crippen molar-refractivity contribution in [3.63, 3.8) is 0 Å². The molecule has 2 aromatic heterocycles. The maximum absolute atomic E-state index is 12.2. The molecule has 2 N–H and O–H groups in total. The highest BCUT2D eigenvalue weighted by Gasteiger charge is 2.22. The fraction of sp³-hybridized carbons (Fsp3) is 0.400. The molecular weight excluding hydrogens is 354 g/mol. The summed E-state index contributed by atoms with van der Waals surface area (Å²) in [5.74, 6) is 2.08. The number of nitrogens with one attached hydrogen (secondary N) is 2. The van der Waals surface area contributed by atoms with Gasteiger partial charge >= 0.3 is 6.03 Å². The monoisotopic (exact) mass is 379 g/mol. The van der Waals surface area contributed by atoms with Gasteiger partial charge in [0, 0.05) is 25.3 Å². The highest BCUT2D eigenvalue weighted by Crippen LogP contribution is 2.21. The van der Waals surface area contributed by atoms with Crippen LogP contribution in [0, 0.1) is 19.8 Å². The maximum atomic E-state index is 12.2. The molecule has 1 aliphatic heterocycles. The first kappa shape index (κ1) is 18.2. The predicted octanol–water partition coefficient (Wildman–Crippen LogP) is 2.78. The van der Waals surface area contributed by atoms with Gasteiger partial charge in [0.15, 0.2) is 11.5 Å². The van der Waals surface area contributed by atoms with Crippen molar-refractivity contribution >= 4 is 23.2 Å². The summed E-state index contributed by atoms with van der Waals surface area (Å²) in [6.45, 7) is 6.39. The molecule has 1 saturated heterocycles. The lowest BCUT2D eigenvalue weighted by molar-refractivity contribution is 0.249. The van der Waals surface area contributed by atoms with Gasteiger partial charge in [-0.05, 0) is 56.9 Å². The van der Waals surface area contributed by atoms with Crippen molar-refractivity contribution < 1.29 is 4.79 Å². The number of aryl methyl sites for hydroxylation is 2. The van der Waals surface area contributed by atoms with Gasteiger partial charge in [-0.15, -0.1) is 15.3 Å². The van der Waals surface area contributed by atoms with Crippen LogP contribution in [-0.4, -0.2) is 45.5 Å². The van der Waals surface area contributed by atoms with Crippen molar-refractivity contribution in [1.82, 2.24) is 25.1 Å². The third-order valence-electron chi connectivity index (χ3n) is 5.11. The van der Waals surface area contributed by atoms with E-state index in [9.17, 15) is 4.79 Å². The fourth-order valence-electron chi connectivity index (χ4n) is 3.54. The Morgan fingerprint density at radius 1 is 1.14 bits per heavy atom. The van der Waals surface area contributed by atoms with Gasteiger partial charge in [-0.2, -0.15) is 4.52 Å². The second kappa shape index (κ2) is 7.84. The van der Waals surface area contributed by atoms with E-state index in [1.54, 1.807) is 4.52 Å². The Labute approximate surface area is 164 Å². The van der Waals surface area contributed by atoms with Gasteiger partial charge in [0.1, 0.15) is 5.82 Å². The summed E-state index contributed by atoms with van der Waals surface area (Å²) < 4.78 is 1.77. The summed E-state index contributed by atoms with van der Waals surface area (Å²) in [4.78, 5) is 14.5. The van der Waals surface area contributed by atoms with Crippen LogP contribution in [0.1, 0.15) is 24.2 Å². The average Bonchev–Trinajstić information content (AvgIpc) is 3.09. The Balaban J connectivity index is 1.33. The molecule has 1 aromatic carbocycles. The first-order valence-electron chi connectivity index (χ1n) is 9.64. The molecule has 1 fully saturated rings. The zero-order valence-corrected chi connectivity index (χ0v) is 16.2. The summed E-state index contributed by atoms with van der Waals surface area (Å²) in [6, 6.07) is 11.5. The van der Waals surface area contributed by atoms with Crippen LogP contribution in [0.3, 0.4) is 0 Å². The predicted molar refractivity (Wildman–Crippen MR) is 109 cm³/mol. The third-order valence-corrected chi connectivity index (χ3v) is 5.11. The minimum absolute atomic E-state index is 0.166. The van der Waals surface area contributed by atoms with Gasteiger partial charge in [-0.25, -0.2) is 4.79 Å². The zero-order valence-electron chi connectivity index (χ0n) is 16.2. The Bertz CT molecular complexity index is 966. The van der Waals surface area contributed by atoms with Crippen LogP contribution in [0.4, 0.5) is 16.3 Å². The van der Waals surface area contributed by atoms with Crippen molar-refractivity contribution in [2.24, 2.45) is 5.92 Å². The number of rotatable bonds is 4. The molecule has 0 bridgehead atoms. The standard InChI is InChI=1S/C20H25N7O/c1-14-5-7-17(8-6-14)22-20(28)21-12-16-4-3-11-26(13-16)19-10-9-18-24-23-15(2)27(18)25-19/h5-10,16H,3-4,11-13H2,1-2H3,(H2,21,22,28)/t16-/m1/s1. The van der Waals surface area contributed by atoms with Crippen LogP contribution in [-0.2, 0) is 0 Å². The van der Waals surface area contributed by atoms with Gasteiger partial charge in [0.05, 0.1) is 0 Å². The van der Waals surface area contributed by atoms with Crippen molar-refractivity contribution in [2.75, 3.05) is 29.9 Å². The largest absolute Gasteiger partial charge is 0.355 e. The molecule has 4 rings (SSSR count). The van der Waals surface area contributed by atoms with Crippen LogP contribution in [0.5, 0.6) is 0 Å². The van der Waals surface area contributed by atoms with Crippen molar-refractivity contribution in [3.05, 3.63) is 47.8 Å². The molecule has 3 aromatic rings. The van der Waals surface area contributed by atoms with E-state index in [1.807, 2.05) is 50.2 Å². The molecule has 146 valence electrons. The molecule has 0 aliphatic carbocycles. The zero-order chi connectivity index (χ0) is 19.5. The number of urea groups is 1. The molecule has 1 atom stereocenters. The van der Waals surface area contributed by atoms with Gasteiger partial charge in [0.2, 0.25) is 0 Å². The molecule has 0 radical (unpaired) electrons. The molecule has 8 nitrogen and oxygen atoms in total. The number of amides is 2. The number of carbonyl (C=O) groups is 1. The normalized spacial score (nSPS) is 16.9. The first-order valence-corrected chi connectivity index (χ1v) is 9.64. The van der Waals surface area contributed by atoms with E-state index in [2.05, 4.69) is 30.8 Å². The summed E-state index contributed by atoms with van der Waals surface area (Å²) in [6.07, 6.45) is 2.17. The number of hydrogen-bond donors (Lipinski definition) is 2. The van der Waals surface area contributed by atoms with E-state index >= 15 is 0 Å². The van der Waals surface area contributed by atoms with E-state index in [-0.39, 0.29) is 6.03 Å². The quantitative estimate of drug-likeness (QED) is 0.728. The van der Waals surface area contributed by atoms with Crippen molar-refractivity contribution in [1.29, 1.82) is 0 Å². The highest BCUT2D eigenvalue weighted by molar-refractivity contribution is 5.89. The maximum Gasteiger partial charge on any atom is 0.319 e. The topological polar surface area (TPSA) is 87.5 Å². The van der Waals surface area contributed by atoms with Gasteiger partial charge < -0.3 is 15.5 Å². The van der Waals surface area contributed by atoms with Gasteiger partial charge in [-0.3, -0.25) is 0 Å². The number of nitrogens with zero attached hydrogens (tertiary/aromatic N) is 5. The lowest BCUT2D eigenvalue weighted by Gasteiger charge is -2.33. The summed E-state index contributed by atoms with van der Waals surface area (Å²) >= 11 is 0. The smallest absolute Gasteiger partial charge is 0.319 e. The molecule has 1 aliphatic rings. The van der Waals surface area contributed by atoms with E-state index in [0.29, 0.717) is 12.5 Å². The number of benzene rings is 1. The average molecular weight is 379 g/mol. The van der Waals surface area contributed by atoms with Crippen LogP contribution in [0.2, 0.25) is 0 Å². The van der Waals surface area contributed by atoms with Crippen LogP contribution in [0.15, 0.2) is 36.4 Å². The van der Waals surface area contributed by atoms with Crippen molar-refractivity contribution in [2.45, 2.75) is 26.7 Å². The highest BCUT2D eigenvalue weighted by atomic mass is 16.2. The Morgan fingerprint density at radius 2 is 1.96 bits per heavy atom. The number of carbonyl (C=O) groups excluding carboxylic acids is 1. The second-order valence-corrected chi connectivity index (χ2v) is 7.36. The molecule has 0 saturated carbocycles. The first-order chi connectivity index (χ1) is 13.6. The van der Waals surface area contributed by atoms with Gasteiger partial charge in [-0.1, -0.05) is 17.7 Å². The Morgan fingerprint density at radius 3 is 2.79 bits per heavy atom. The molecule has 3 heterocycles. The number of aromatic nitrogens is 4. The van der Waals surface area contributed by atoms with E-state index in [4.69, 9.17) is 0 Å². The second-order valence-electron chi connectivity index (χ2n) is 7.36. The molecule has 2 amide bonds. The van der Waals surface area contributed by atoms with Crippen LogP contribution < -0.4 is 15.5 Å². The molecule has 0 spiro atoms. The molecule has 8 heteroatoms. The number of piperidine rings is 1. The molecular formula is C20H25N7O. The van der Waals surface area contributed by atoms with E-state index < -0.39 is 0 Å². The fourth-order valence-corrected chi connectivity index (χ4v) is 3.54. The van der Waals surface area contributed by atoms with Gasteiger partial charge in [0.25, 0.3) is 0 Å². The number of anilines is 2. The lowest BCUT2D eigenvalue weighted by atomic mass is 9.98. The number of fused-ring (bicyclic) bond motifs is 1. The van der Waals surface area contributed by atoms with Crippen molar-refractivity contribution in [3.8, 4) is 0 Å². The minimum atomic E-state index is -0.166. The van der Waals surface area contributed by atoms with E-state index in [1.165, 1.54) is 5.56 Å².